The van der Waals surface area contributed by atoms with Crippen molar-refractivity contribution >= 4 is 40.1 Å². The quantitative estimate of drug-likeness (QED) is 0.156. The first-order valence-electron chi connectivity index (χ1n) is 12.9. The third-order valence-corrected chi connectivity index (χ3v) is 7.63. The minimum absolute atomic E-state index is 0.0362. The molecule has 1 aliphatic rings. The molecule has 208 valence electrons. The number of rotatable bonds is 6. The number of hydrogen-bond acceptors (Lipinski definition) is 7. The van der Waals surface area contributed by atoms with Gasteiger partial charge < -0.3 is 24.4 Å². The summed E-state index contributed by atoms with van der Waals surface area (Å²) in [5.41, 5.74) is 9.91. The largest absolute Gasteiger partial charge is 0.489 e. The Morgan fingerprint density at radius 3 is 2.64 bits per heavy atom. The number of carbonyl (C=O) groups excluding carboxylic acids is 1. The van der Waals surface area contributed by atoms with E-state index in [-0.39, 0.29) is 29.6 Å². The van der Waals surface area contributed by atoms with E-state index in [4.69, 9.17) is 47.6 Å². The summed E-state index contributed by atoms with van der Waals surface area (Å²) in [4.78, 5) is 13.0. The highest BCUT2D eigenvalue weighted by molar-refractivity contribution is 6.31. The molecule has 0 bridgehead atoms. The smallest absolute Gasteiger partial charge is 0.379 e. The van der Waals surface area contributed by atoms with Crippen LogP contribution in [-0.4, -0.2) is 5.97 Å². The predicted molar refractivity (Wildman–Crippen MR) is 159 cm³/mol. The Balaban J connectivity index is 1.28. The molecule has 9 heteroatoms. The summed E-state index contributed by atoms with van der Waals surface area (Å²) in [6, 6.07) is 27.1. The van der Waals surface area contributed by atoms with Crippen molar-refractivity contribution in [3.05, 3.63) is 134 Å². The van der Waals surface area contributed by atoms with Crippen LogP contribution in [-0.2, 0) is 6.61 Å². The van der Waals surface area contributed by atoms with Crippen LogP contribution in [0.4, 0.5) is 0 Å². The van der Waals surface area contributed by atoms with Gasteiger partial charge in [-0.2, -0.15) is 5.26 Å². The van der Waals surface area contributed by atoms with Crippen LogP contribution in [0.2, 0.25) is 10.0 Å². The molecule has 42 heavy (non-hydrogen) atoms. The van der Waals surface area contributed by atoms with E-state index in [1.165, 1.54) is 0 Å². The molecule has 1 aliphatic heterocycles. The third kappa shape index (κ3) is 5.14. The van der Waals surface area contributed by atoms with E-state index in [2.05, 4.69) is 6.07 Å². The summed E-state index contributed by atoms with van der Waals surface area (Å²) >= 11 is 12.4. The highest BCUT2D eigenvalue weighted by Gasteiger charge is 2.31. The van der Waals surface area contributed by atoms with Crippen molar-refractivity contribution in [2.24, 2.45) is 5.73 Å². The fourth-order valence-electron chi connectivity index (χ4n) is 4.94. The van der Waals surface area contributed by atoms with Crippen molar-refractivity contribution in [2.75, 3.05) is 0 Å². The number of nitrogens with zero attached hydrogens (tertiary/aromatic N) is 1. The number of esters is 1. The zero-order valence-electron chi connectivity index (χ0n) is 22.2. The maximum atomic E-state index is 13.0. The van der Waals surface area contributed by atoms with Crippen LogP contribution < -0.4 is 19.9 Å². The van der Waals surface area contributed by atoms with Crippen molar-refractivity contribution < 1.29 is 23.4 Å². The van der Waals surface area contributed by atoms with Gasteiger partial charge in [-0.1, -0.05) is 59.6 Å². The summed E-state index contributed by atoms with van der Waals surface area (Å²) < 4.78 is 23.2. The summed E-state index contributed by atoms with van der Waals surface area (Å²) in [7, 11) is 0. The Morgan fingerprint density at radius 2 is 1.83 bits per heavy atom. The van der Waals surface area contributed by atoms with E-state index in [0.717, 1.165) is 16.5 Å². The van der Waals surface area contributed by atoms with E-state index in [1.54, 1.807) is 43.3 Å². The monoisotopic (exact) mass is 596 g/mol. The summed E-state index contributed by atoms with van der Waals surface area (Å²) in [6.45, 7) is 2.05. The van der Waals surface area contributed by atoms with Crippen LogP contribution in [0.5, 0.6) is 17.2 Å². The topological polar surface area (TPSA) is 108 Å². The first kappa shape index (κ1) is 27.3. The Bertz CT molecular complexity index is 1940. The van der Waals surface area contributed by atoms with Crippen LogP contribution >= 0.6 is 23.2 Å². The summed E-state index contributed by atoms with van der Waals surface area (Å²) in [6.07, 6.45) is 0. The SMILES string of the molecule is Cc1c(C(=O)Oc2ccc3c(c2)OC(N)=C(C#N)C3c2cccc(OCc3ccccc3Cl)c2)oc2ccc(Cl)cc12. The van der Waals surface area contributed by atoms with Gasteiger partial charge in [-0.3, -0.25) is 0 Å². The van der Waals surface area contributed by atoms with Crippen molar-refractivity contribution in [1.82, 2.24) is 0 Å². The number of benzene rings is 4. The van der Waals surface area contributed by atoms with Gasteiger partial charge in [0.1, 0.15) is 41.1 Å². The Morgan fingerprint density at radius 1 is 1.00 bits per heavy atom. The number of aryl methyl sites for hydroxylation is 1. The van der Waals surface area contributed by atoms with E-state index in [1.807, 2.05) is 48.5 Å². The second kappa shape index (κ2) is 11.2. The molecule has 0 saturated heterocycles. The summed E-state index contributed by atoms with van der Waals surface area (Å²) in [5, 5.41) is 11.9. The number of carbonyl (C=O) groups is 1. The van der Waals surface area contributed by atoms with Crippen LogP contribution in [0.1, 0.15) is 38.7 Å². The van der Waals surface area contributed by atoms with Gasteiger partial charge in [0.05, 0.1) is 5.92 Å². The van der Waals surface area contributed by atoms with E-state index < -0.39 is 11.9 Å². The average Bonchev–Trinajstić information content (AvgIpc) is 3.31. The number of furan rings is 1. The number of hydrogen-bond donors (Lipinski definition) is 1. The molecule has 1 unspecified atom stereocenters. The standard InChI is InChI=1S/C33H22Cl2N2O5/c1-18-25-14-21(34)9-12-28(25)41-31(18)33(38)40-23-10-11-24-29(15-23)42-32(37)26(16-36)30(24)19-6-4-7-22(13-19)39-17-20-5-2-3-8-27(20)35/h2-15,30H,17,37H2,1H3. The van der Waals surface area contributed by atoms with Crippen LogP contribution in [0.25, 0.3) is 11.0 Å². The zero-order chi connectivity index (χ0) is 29.4. The average molecular weight is 597 g/mol. The number of fused-ring (bicyclic) bond motifs is 2. The Labute approximate surface area is 251 Å². The van der Waals surface area contributed by atoms with Crippen LogP contribution in [0.15, 0.2) is 101 Å². The molecule has 0 amide bonds. The minimum atomic E-state index is -0.670. The lowest BCUT2D eigenvalue weighted by Crippen LogP contribution is -2.21. The molecular formula is C33H22Cl2N2O5. The third-order valence-electron chi connectivity index (χ3n) is 7.03. The molecule has 4 aromatic carbocycles. The van der Waals surface area contributed by atoms with Gasteiger partial charge >= 0.3 is 5.97 Å². The molecule has 0 spiro atoms. The van der Waals surface area contributed by atoms with Crippen molar-refractivity contribution in [2.45, 2.75) is 19.4 Å². The zero-order valence-corrected chi connectivity index (χ0v) is 23.7. The van der Waals surface area contributed by atoms with Gasteiger partial charge in [0, 0.05) is 38.2 Å². The first-order chi connectivity index (χ1) is 20.3. The minimum Gasteiger partial charge on any atom is -0.489 e. The molecule has 0 aliphatic carbocycles. The van der Waals surface area contributed by atoms with E-state index in [0.29, 0.717) is 38.3 Å². The molecular weight excluding hydrogens is 575 g/mol. The maximum absolute atomic E-state index is 13.0. The van der Waals surface area contributed by atoms with Crippen molar-refractivity contribution in [3.8, 4) is 23.3 Å². The highest BCUT2D eigenvalue weighted by atomic mass is 35.5. The highest BCUT2D eigenvalue weighted by Crippen LogP contribution is 2.44. The lowest BCUT2D eigenvalue weighted by atomic mass is 9.83. The molecule has 1 atom stereocenters. The molecule has 1 aromatic heterocycles. The van der Waals surface area contributed by atoms with Crippen LogP contribution in [0.3, 0.4) is 0 Å². The molecule has 0 fully saturated rings. The molecule has 2 heterocycles. The second-order valence-electron chi connectivity index (χ2n) is 9.66. The van der Waals surface area contributed by atoms with Gasteiger partial charge in [0.15, 0.2) is 0 Å². The van der Waals surface area contributed by atoms with E-state index in [9.17, 15) is 10.1 Å². The lowest BCUT2D eigenvalue weighted by molar-refractivity contribution is 0.0702. The number of allylic oxidation sites excluding steroid dienone is 1. The normalized spacial score (nSPS) is 14.2. The van der Waals surface area contributed by atoms with Crippen LogP contribution in [0, 0.1) is 18.3 Å². The van der Waals surface area contributed by atoms with E-state index >= 15 is 0 Å². The molecule has 2 N–H and O–H groups in total. The van der Waals surface area contributed by atoms with Crippen molar-refractivity contribution in [1.29, 1.82) is 5.26 Å². The Kier molecular flexibility index (Phi) is 7.26. The number of halogens is 2. The fourth-order valence-corrected chi connectivity index (χ4v) is 5.31. The number of nitriles is 1. The van der Waals surface area contributed by atoms with Crippen molar-refractivity contribution in [3.63, 3.8) is 0 Å². The number of ether oxygens (including phenoxy) is 3. The maximum Gasteiger partial charge on any atom is 0.379 e. The first-order valence-corrected chi connectivity index (χ1v) is 13.7. The van der Waals surface area contributed by atoms with Gasteiger partial charge in [0.25, 0.3) is 0 Å². The van der Waals surface area contributed by atoms with Gasteiger partial charge in [0.2, 0.25) is 11.6 Å². The van der Waals surface area contributed by atoms with Gasteiger partial charge in [-0.25, -0.2) is 4.79 Å². The van der Waals surface area contributed by atoms with Gasteiger partial charge in [-0.05, 0) is 55.0 Å². The number of nitrogens with two attached hydrogens (primary N) is 1. The molecule has 0 radical (unpaired) electrons. The summed E-state index contributed by atoms with van der Waals surface area (Å²) in [5.74, 6) is 0.0166. The Hall–Kier alpha value is -4.90. The molecule has 5 aromatic rings. The second-order valence-corrected chi connectivity index (χ2v) is 10.5. The molecule has 0 saturated carbocycles. The predicted octanol–water partition coefficient (Wildman–Crippen LogP) is 8.06. The molecule has 6 rings (SSSR count). The lowest BCUT2D eigenvalue weighted by Gasteiger charge is -2.27. The van der Waals surface area contributed by atoms with Gasteiger partial charge in [-0.15, -0.1) is 0 Å². The fraction of sp³-hybridized carbons (Fsp3) is 0.0909. The molecule has 7 nitrogen and oxygen atoms in total.